The largest absolute Gasteiger partial charge is 0.118 e. The van der Waals surface area contributed by atoms with Crippen molar-refractivity contribution in [2.75, 3.05) is 0 Å². The summed E-state index contributed by atoms with van der Waals surface area (Å²) in [6.07, 6.45) is 2.73. The SMILES string of the molecule is ClC1(Cl)CCC(Cl)(Cl)CC1. The quantitative estimate of drug-likeness (QED) is 0.545. The van der Waals surface area contributed by atoms with Crippen molar-refractivity contribution in [1.82, 2.24) is 0 Å². The van der Waals surface area contributed by atoms with Crippen molar-refractivity contribution in [2.45, 2.75) is 34.3 Å². The van der Waals surface area contributed by atoms with Crippen LogP contribution in [0.3, 0.4) is 0 Å². The van der Waals surface area contributed by atoms with Gasteiger partial charge in [0.25, 0.3) is 0 Å². The summed E-state index contributed by atoms with van der Waals surface area (Å²) in [4.78, 5) is 0. The van der Waals surface area contributed by atoms with Crippen LogP contribution in [-0.4, -0.2) is 8.67 Å². The Labute approximate surface area is 80.8 Å². The first-order chi connectivity index (χ1) is 4.41. The molecule has 0 aromatic carbocycles. The highest BCUT2D eigenvalue weighted by Crippen LogP contribution is 2.46. The Morgan fingerprint density at radius 2 is 0.800 bits per heavy atom. The lowest BCUT2D eigenvalue weighted by atomic mass is 9.99. The maximum Gasteiger partial charge on any atom is 0.118 e. The van der Waals surface area contributed by atoms with E-state index >= 15 is 0 Å². The standard InChI is InChI=1S/C6H8Cl4/c7-5(8)1-2-6(9,10)4-3-5/h1-4H2. The van der Waals surface area contributed by atoms with Crippen molar-refractivity contribution < 1.29 is 0 Å². The van der Waals surface area contributed by atoms with E-state index in [-0.39, 0.29) is 0 Å². The molecule has 0 bridgehead atoms. The van der Waals surface area contributed by atoms with Gasteiger partial charge in [0.1, 0.15) is 8.67 Å². The van der Waals surface area contributed by atoms with Gasteiger partial charge < -0.3 is 0 Å². The minimum absolute atomic E-state index is 0.590. The lowest BCUT2D eigenvalue weighted by molar-refractivity contribution is 0.455. The Bertz CT molecular complexity index is 102. The van der Waals surface area contributed by atoms with Gasteiger partial charge in [-0.3, -0.25) is 0 Å². The van der Waals surface area contributed by atoms with Crippen molar-refractivity contribution in [3.8, 4) is 0 Å². The van der Waals surface area contributed by atoms with Gasteiger partial charge in [-0.1, -0.05) is 0 Å². The summed E-state index contributed by atoms with van der Waals surface area (Å²) in [6.45, 7) is 0. The molecule has 0 N–H and O–H groups in total. The van der Waals surface area contributed by atoms with Gasteiger partial charge in [0, 0.05) is 0 Å². The van der Waals surface area contributed by atoms with Crippen LogP contribution in [0.25, 0.3) is 0 Å². The van der Waals surface area contributed by atoms with Gasteiger partial charge in [-0.15, -0.1) is 46.4 Å². The van der Waals surface area contributed by atoms with Gasteiger partial charge in [-0.05, 0) is 25.7 Å². The summed E-state index contributed by atoms with van der Waals surface area (Å²) >= 11 is 23.4. The summed E-state index contributed by atoms with van der Waals surface area (Å²) in [6, 6.07) is 0. The minimum atomic E-state index is -0.590. The highest BCUT2D eigenvalue weighted by Gasteiger charge is 2.38. The summed E-state index contributed by atoms with van der Waals surface area (Å²) in [5, 5.41) is 0. The van der Waals surface area contributed by atoms with Gasteiger partial charge in [-0.25, -0.2) is 0 Å². The molecule has 1 aliphatic carbocycles. The first kappa shape index (κ1) is 9.25. The molecular weight excluding hydrogens is 214 g/mol. The molecule has 0 saturated heterocycles. The maximum absolute atomic E-state index is 5.85. The third-order valence-electron chi connectivity index (χ3n) is 1.71. The fourth-order valence-corrected chi connectivity index (χ4v) is 1.74. The van der Waals surface area contributed by atoms with Crippen molar-refractivity contribution in [1.29, 1.82) is 0 Å². The molecule has 1 fully saturated rings. The van der Waals surface area contributed by atoms with Crippen molar-refractivity contribution in [2.24, 2.45) is 0 Å². The van der Waals surface area contributed by atoms with Crippen LogP contribution >= 0.6 is 46.4 Å². The van der Waals surface area contributed by atoms with Crippen molar-refractivity contribution >= 4 is 46.4 Å². The second-order valence-electron chi connectivity index (χ2n) is 2.71. The second-order valence-corrected chi connectivity index (χ2v) is 5.99. The monoisotopic (exact) mass is 220 g/mol. The van der Waals surface area contributed by atoms with Gasteiger partial charge in [0.2, 0.25) is 0 Å². The second kappa shape index (κ2) is 2.90. The lowest BCUT2D eigenvalue weighted by Gasteiger charge is -2.32. The van der Waals surface area contributed by atoms with E-state index in [0.717, 1.165) is 0 Å². The van der Waals surface area contributed by atoms with Crippen molar-refractivity contribution in [3.63, 3.8) is 0 Å². The Hall–Kier alpha value is 1.16. The molecule has 60 valence electrons. The summed E-state index contributed by atoms with van der Waals surface area (Å²) in [5.74, 6) is 0. The van der Waals surface area contributed by atoms with Crippen LogP contribution in [0.5, 0.6) is 0 Å². The fourth-order valence-electron chi connectivity index (χ4n) is 0.982. The molecule has 0 atom stereocenters. The molecule has 0 nitrogen and oxygen atoms in total. The van der Waals surface area contributed by atoms with Crippen LogP contribution in [-0.2, 0) is 0 Å². The summed E-state index contributed by atoms with van der Waals surface area (Å²) in [7, 11) is 0. The van der Waals surface area contributed by atoms with Gasteiger partial charge >= 0.3 is 0 Å². The Kier molecular flexibility index (Phi) is 2.68. The van der Waals surface area contributed by atoms with Crippen LogP contribution in [0, 0.1) is 0 Å². The van der Waals surface area contributed by atoms with E-state index in [1.807, 2.05) is 0 Å². The summed E-state index contributed by atoms with van der Waals surface area (Å²) < 4.78 is -1.18. The number of rotatable bonds is 0. The van der Waals surface area contributed by atoms with Crippen LogP contribution in [0.15, 0.2) is 0 Å². The molecule has 0 radical (unpaired) electrons. The number of hydrogen-bond acceptors (Lipinski definition) is 0. The van der Waals surface area contributed by atoms with Gasteiger partial charge in [-0.2, -0.15) is 0 Å². The average Bonchev–Trinajstić information content (AvgIpc) is 1.79. The van der Waals surface area contributed by atoms with E-state index in [9.17, 15) is 0 Å². The van der Waals surface area contributed by atoms with E-state index in [1.165, 1.54) is 0 Å². The molecule has 0 aliphatic heterocycles. The van der Waals surface area contributed by atoms with Gasteiger partial charge in [0.05, 0.1) is 0 Å². The molecule has 0 spiro atoms. The highest BCUT2D eigenvalue weighted by molar-refractivity contribution is 6.50. The minimum Gasteiger partial charge on any atom is -0.102 e. The maximum atomic E-state index is 5.85. The van der Waals surface area contributed by atoms with Crippen LogP contribution < -0.4 is 0 Å². The lowest BCUT2D eigenvalue weighted by Crippen LogP contribution is -2.28. The van der Waals surface area contributed by atoms with E-state index in [0.29, 0.717) is 25.7 Å². The third kappa shape index (κ3) is 2.65. The third-order valence-corrected chi connectivity index (χ3v) is 3.22. The van der Waals surface area contributed by atoms with Crippen LogP contribution in [0.4, 0.5) is 0 Å². The average molecular weight is 222 g/mol. The predicted molar refractivity (Wildman–Crippen MR) is 47.3 cm³/mol. The number of hydrogen-bond donors (Lipinski definition) is 0. The molecule has 4 heteroatoms. The normalized spacial score (nSPS) is 30.0. The molecule has 0 heterocycles. The molecule has 1 rings (SSSR count). The zero-order valence-electron chi connectivity index (χ0n) is 5.34. The zero-order valence-corrected chi connectivity index (χ0v) is 8.36. The topological polar surface area (TPSA) is 0 Å². The molecule has 0 aromatic heterocycles. The smallest absolute Gasteiger partial charge is 0.102 e. The molecule has 1 saturated carbocycles. The van der Waals surface area contributed by atoms with Crippen LogP contribution in [0.1, 0.15) is 25.7 Å². The highest BCUT2D eigenvalue weighted by atomic mass is 35.5. The number of alkyl halides is 4. The van der Waals surface area contributed by atoms with E-state index in [1.54, 1.807) is 0 Å². The van der Waals surface area contributed by atoms with Crippen LogP contribution in [0.2, 0.25) is 0 Å². The van der Waals surface area contributed by atoms with Crippen molar-refractivity contribution in [3.05, 3.63) is 0 Å². The fraction of sp³-hybridized carbons (Fsp3) is 1.00. The molecule has 0 aromatic rings. The first-order valence-corrected chi connectivity index (χ1v) is 4.68. The molecular formula is C6H8Cl4. The zero-order chi connectivity index (χ0) is 7.83. The first-order valence-electron chi connectivity index (χ1n) is 3.17. The molecule has 1 aliphatic rings. The van der Waals surface area contributed by atoms with E-state index < -0.39 is 8.67 Å². The summed E-state index contributed by atoms with van der Waals surface area (Å²) in [5.41, 5.74) is 0. The Morgan fingerprint density at radius 3 is 1.00 bits per heavy atom. The Balaban J connectivity index is 2.46. The van der Waals surface area contributed by atoms with Gasteiger partial charge in [0.15, 0.2) is 0 Å². The van der Waals surface area contributed by atoms with E-state index in [2.05, 4.69) is 0 Å². The number of halogens is 4. The predicted octanol–water partition coefficient (Wildman–Crippen LogP) is 3.91. The Morgan fingerprint density at radius 1 is 0.600 bits per heavy atom. The molecule has 0 unspecified atom stereocenters. The molecule has 10 heavy (non-hydrogen) atoms. The molecule has 0 amide bonds. The van der Waals surface area contributed by atoms with E-state index in [4.69, 9.17) is 46.4 Å².